The maximum atomic E-state index is 12.1. The fourth-order valence-corrected chi connectivity index (χ4v) is 5.42. The van der Waals surface area contributed by atoms with Crippen LogP contribution >= 0.6 is 0 Å². The normalized spacial score (nSPS) is 25.6. The molecule has 0 aromatic rings. The van der Waals surface area contributed by atoms with Crippen LogP contribution in [0, 0.1) is 5.92 Å². The molecule has 4 aliphatic rings. The summed E-state index contributed by atoms with van der Waals surface area (Å²) in [5.41, 5.74) is 1.58. The number of amides is 1. The molecule has 2 fully saturated rings. The third kappa shape index (κ3) is 6.11. The topological polar surface area (TPSA) is 65.7 Å². The van der Waals surface area contributed by atoms with Crippen LogP contribution in [0.15, 0.2) is 34.9 Å². The highest BCUT2D eigenvalue weighted by Crippen LogP contribution is 2.36. The molecule has 5 nitrogen and oxygen atoms in total. The van der Waals surface area contributed by atoms with Crippen LogP contribution in [0.25, 0.3) is 11.3 Å². The minimum absolute atomic E-state index is 0.0284. The third-order valence-corrected chi connectivity index (χ3v) is 7.08. The first-order valence-electron chi connectivity index (χ1n) is 12.1. The summed E-state index contributed by atoms with van der Waals surface area (Å²) in [5, 5.41) is 12.9. The van der Waals surface area contributed by atoms with Crippen LogP contribution < -0.4 is 5.32 Å². The van der Waals surface area contributed by atoms with Gasteiger partial charge in [-0.15, -0.1) is 0 Å². The molecule has 2 N–H and O–H groups in total. The van der Waals surface area contributed by atoms with Crippen molar-refractivity contribution in [3.63, 3.8) is 0 Å². The first-order valence-corrected chi connectivity index (χ1v) is 12.1. The SMILES string of the molecule is CC(C)(O)CC(=O)NC1CCC(CCN2CCCCC2c2coc3cccc-3c2)CC1. The van der Waals surface area contributed by atoms with E-state index in [-0.39, 0.29) is 18.4 Å². The summed E-state index contributed by atoms with van der Waals surface area (Å²) in [7, 11) is 0. The summed E-state index contributed by atoms with van der Waals surface area (Å²) in [6.45, 7) is 5.68. The summed E-state index contributed by atoms with van der Waals surface area (Å²) >= 11 is 0. The van der Waals surface area contributed by atoms with Gasteiger partial charge < -0.3 is 14.8 Å². The zero-order chi connectivity index (χ0) is 21.8. The van der Waals surface area contributed by atoms with E-state index in [2.05, 4.69) is 28.4 Å². The number of fused-ring (bicyclic) bond motifs is 1. The molecule has 0 spiro atoms. The number of aliphatic hydroxyl groups is 1. The minimum Gasteiger partial charge on any atom is -0.464 e. The van der Waals surface area contributed by atoms with Crippen LogP contribution in [0.5, 0.6) is 0 Å². The molecule has 31 heavy (non-hydrogen) atoms. The quantitative estimate of drug-likeness (QED) is 0.644. The van der Waals surface area contributed by atoms with Gasteiger partial charge in [0.05, 0.1) is 18.3 Å². The van der Waals surface area contributed by atoms with Crippen molar-refractivity contribution >= 4 is 5.91 Å². The molecule has 2 heterocycles. The van der Waals surface area contributed by atoms with E-state index < -0.39 is 5.60 Å². The van der Waals surface area contributed by atoms with Gasteiger partial charge in [-0.05, 0) is 89.9 Å². The lowest BCUT2D eigenvalue weighted by atomic mass is 9.83. The molecule has 0 aromatic heterocycles. The van der Waals surface area contributed by atoms with Crippen molar-refractivity contribution in [1.29, 1.82) is 0 Å². The second-order valence-corrected chi connectivity index (χ2v) is 10.3. The fraction of sp³-hybridized carbons (Fsp3) is 0.654. The van der Waals surface area contributed by atoms with Crippen molar-refractivity contribution < 1.29 is 14.3 Å². The van der Waals surface area contributed by atoms with Crippen LogP contribution in [0.2, 0.25) is 0 Å². The van der Waals surface area contributed by atoms with Crippen LogP contribution in [0.1, 0.15) is 83.2 Å². The predicted octanol–water partition coefficient (Wildman–Crippen LogP) is 5.14. The molecule has 170 valence electrons. The Hall–Kier alpha value is -1.85. The Bertz CT molecular complexity index is 816. The highest BCUT2D eigenvalue weighted by molar-refractivity contribution is 5.77. The van der Waals surface area contributed by atoms with Gasteiger partial charge in [-0.2, -0.15) is 0 Å². The molecule has 1 atom stereocenters. The molecule has 1 amide bonds. The van der Waals surface area contributed by atoms with Gasteiger partial charge in [0.25, 0.3) is 0 Å². The minimum atomic E-state index is -0.938. The van der Waals surface area contributed by atoms with Gasteiger partial charge in [0, 0.05) is 23.2 Å². The molecule has 1 unspecified atom stereocenters. The van der Waals surface area contributed by atoms with Crippen LogP contribution in [0.4, 0.5) is 0 Å². The van der Waals surface area contributed by atoms with E-state index in [4.69, 9.17) is 4.42 Å². The van der Waals surface area contributed by atoms with Gasteiger partial charge >= 0.3 is 0 Å². The monoisotopic (exact) mass is 426 g/mol. The lowest BCUT2D eigenvalue weighted by Crippen LogP contribution is -2.41. The van der Waals surface area contributed by atoms with E-state index in [0.717, 1.165) is 31.1 Å². The Kier molecular flexibility index (Phi) is 7.02. The largest absolute Gasteiger partial charge is 0.464 e. The summed E-state index contributed by atoms with van der Waals surface area (Å²) in [6, 6.07) is 9.26. The number of carbonyl (C=O) groups excluding carboxylic acids is 1. The second kappa shape index (κ2) is 9.74. The van der Waals surface area contributed by atoms with E-state index in [9.17, 15) is 9.90 Å². The lowest BCUT2D eigenvalue weighted by Gasteiger charge is -2.37. The van der Waals surface area contributed by atoms with E-state index in [1.54, 1.807) is 13.8 Å². The molecule has 4 rings (SSSR count). The Labute approximate surface area is 186 Å². The number of piperidine rings is 1. The fourth-order valence-electron chi connectivity index (χ4n) is 5.42. The van der Waals surface area contributed by atoms with E-state index >= 15 is 0 Å². The first-order chi connectivity index (χ1) is 14.9. The van der Waals surface area contributed by atoms with Gasteiger partial charge in [-0.1, -0.05) is 18.6 Å². The molecule has 0 radical (unpaired) electrons. The van der Waals surface area contributed by atoms with Gasteiger partial charge in [-0.25, -0.2) is 0 Å². The molecule has 1 saturated carbocycles. The summed E-state index contributed by atoms with van der Waals surface area (Å²) in [6.07, 6.45) is 11.6. The van der Waals surface area contributed by atoms with Crippen LogP contribution in [0.3, 0.4) is 0 Å². The standard InChI is InChI=1S/C26H38N2O3/c1-26(2,30)17-25(29)27-22-11-9-19(10-12-22)13-15-28-14-4-3-7-23(28)21-16-20-6-5-8-24(20)31-18-21/h5-6,8,16,18-19,22-23,30H,3-4,7,9-15,17H2,1-2H3,(H,27,29). The predicted molar refractivity (Wildman–Crippen MR) is 123 cm³/mol. The van der Waals surface area contributed by atoms with E-state index in [1.807, 2.05) is 12.3 Å². The Morgan fingerprint density at radius 3 is 2.77 bits per heavy atom. The average Bonchev–Trinajstić information content (AvgIpc) is 3.20. The number of nitrogens with zero attached hydrogens (tertiary/aromatic N) is 1. The Morgan fingerprint density at radius 2 is 2.00 bits per heavy atom. The van der Waals surface area contributed by atoms with Gasteiger partial charge in [0.15, 0.2) is 0 Å². The number of carbonyl (C=O) groups is 1. The number of likely N-dealkylation sites (tertiary alicyclic amines) is 1. The van der Waals surface area contributed by atoms with Crippen LogP contribution in [-0.2, 0) is 4.79 Å². The molecule has 2 aliphatic heterocycles. The number of nitrogens with one attached hydrogen (secondary N) is 1. The van der Waals surface area contributed by atoms with Crippen molar-refractivity contribution in [2.45, 2.75) is 89.3 Å². The third-order valence-electron chi connectivity index (χ3n) is 7.08. The smallest absolute Gasteiger partial charge is 0.223 e. The number of rotatable bonds is 7. The lowest BCUT2D eigenvalue weighted by molar-refractivity contribution is -0.125. The highest BCUT2D eigenvalue weighted by atomic mass is 16.3. The van der Waals surface area contributed by atoms with Gasteiger partial charge in [0.1, 0.15) is 5.76 Å². The molecular formula is C26H38N2O3. The highest BCUT2D eigenvalue weighted by Gasteiger charge is 2.28. The molecule has 0 aromatic carbocycles. The Balaban J connectivity index is 1.26. The molecular weight excluding hydrogens is 388 g/mol. The molecule has 1 saturated heterocycles. The maximum Gasteiger partial charge on any atom is 0.223 e. The van der Waals surface area contributed by atoms with Gasteiger partial charge in [-0.3, -0.25) is 9.69 Å². The molecule has 2 aliphatic carbocycles. The van der Waals surface area contributed by atoms with Gasteiger partial charge in [0.2, 0.25) is 5.91 Å². The number of hydrogen-bond donors (Lipinski definition) is 2. The Morgan fingerprint density at radius 1 is 1.19 bits per heavy atom. The zero-order valence-corrected chi connectivity index (χ0v) is 19.1. The first kappa shape index (κ1) is 22.3. The van der Waals surface area contributed by atoms with Crippen molar-refractivity contribution in [3.8, 4) is 11.3 Å². The van der Waals surface area contributed by atoms with Crippen molar-refractivity contribution in [3.05, 3.63) is 36.1 Å². The summed E-state index contributed by atoms with van der Waals surface area (Å²) < 4.78 is 5.88. The van der Waals surface area contributed by atoms with E-state index in [0.29, 0.717) is 6.04 Å². The van der Waals surface area contributed by atoms with Crippen LogP contribution in [-0.4, -0.2) is 40.6 Å². The van der Waals surface area contributed by atoms with Crippen molar-refractivity contribution in [1.82, 2.24) is 10.2 Å². The van der Waals surface area contributed by atoms with Crippen molar-refractivity contribution in [2.24, 2.45) is 5.92 Å². The average molecular weight is 427 g/mol. The number of hydrogen-bond acceptors (Lipinski definition) is 4. The maximum absolute atomic E-state index is 12.1. The zero-order valence-electron chi connectivity index (χ0n) is 19.1. The summed E-state index contributed by atoms with van der Waals surface area (Å²) in [5.74, 6) is 1.68. The molecule has 0 bridgehead atoms. The summed E-state index contributed by atoms with van der Waals surface area (Å²) in [4.78, 5) is 14.8. The van der Waals surface area contributed by atoms with E-state index in [1.165, 1.54) is 56.2 Å². The van der Waals surface area contributed by atoms with Crippen molar-refractivity contribution in [2.75, 3.05) is 13.1 Å². The molecule has 5 heteroatoms. The second-order valence-electron chi connectivity index (χ2n) is 10.3.